The van der Waals surface area contributed by atoms with Crippen molar-refractivity contribution in [3.8, 4) is 5.88 Å². The minimum atomic E-state index is 0.395. The van der Waals surface area contributed by atoms with Gasteiger partial charge in [-0.25, -0.2) is 4.98 Å². The van der Waals surface area contributed by atoms with Crippen LogP contribution < -0.4 is 16.2 Å². The molecule has 0 saturated heterocycles. The van der Waals surface area contributed by atoms with Gasteiger partial charge in [0.15, 0.2) is 0 Å². The normalized spacial score (nSPS) is 9.92. The van der Waals surface area contributed by atoms with Crippen LogP contribution in [0.3, 0.4) is 0 Å². The zero-order valence-electron chi connectivity index (χ0n) is 7.49. The Morgan fingerprint density at radius 1 is 1.38 bits per heavy atom. The van der Waals surface area contributed by atoms with Gasteiger partial charge in [-0.2, -0.15) is 0 Å². The van der Waals surface area contributed by atoms with Crippen molar-refractivity contribution in [2.45, 2.75) is 0 Å². The first kappa shape index (κ1) is 9.60. The molecule has 0 bridgehead atoms. The third kappa shape index (κ3) is 2.79. The Morgan fingerprint density at radius 3 is 2.77 bits per heavy atom. The van der Waals surface area contributed by atoms with E-state index in [-0.39, 0.29) is 0 Å². The van der Waals surface area contributed by atoms with Gasteiger partial charge in [0, 0.05) is 7.11 Å². The molecule has 0 spiro atoms. The summed E-state index contributed by atoms with van der Waals surface area (Å²) in [5, 5.41) is 0. The van der Waals surface area contributed by atoms with Gasteiger partial charge in [-0.15, -0.1) is 0 Å². The average molecular weight is 183 g/mol. The number of nitrogens with zero attached hydrogens (tertiary/aromatic N) is 1. The van der Waals surface area contributed by atoms with E-state index in [0.29, 0.717) is 30.5 Å². The number of rotatable bonds is 4. The average Bonchev–Trinajstić information content (AvgIpc) is 2.09. The number of nitrogen functional groups attached to an aromatic ring is 2. The summed E-state index contributed by atoms with van der Waals surface area (Å²) < 4.78 is 10.0. The van der Waals surface area contributed by atoms with Crippen LogP contribution in [0.15, 0.2) is 12.3 Å². The molecule has 0 aliphatic rings. The van der Waals surface area contributed by atoms with E-state index in [2.05, 4.69) is 4.98 Å². The van der Waals surface area contributed by atoms with Crippen molar-refractivity contribution in [1.82, 2.24) is 4.98 Å². The summed E-state index contributed by atoms with van der Waals surface area (Å²) in [7, 11) is 1.60. The number of methoxy groups -OCH3 is 1. The van der Waals surface area contributed by atoms with Crippen LogP contribution >= 0.6 is 0 Å². The lowest BCUT2D eigenvalue weighted by Gasteiger charge is -2.06. The summed E-state index contributed by atoms with van der Waals surface area (Å²) in [6.07, 6.45) is 1.50. The number of nitrogens with two attached hydrogens (primary N) is 2. The molecule has 1 aromatic rings. The fourth-order valence-electron chi connectivity index (χ4n) is 0.829. The monoisotopic (exact) mass is 183 g/mol. The van der Waals surface area contributed by atoms with E-state index in [4.69, 9.17) is 20.9 Å². The van der Waals surface area contributed by atoms with Crippen molar-refractivity contribution < 1.29 is 9.47 Å². The number of pyridine rings is 1. The summed E-state index contributed by atoms with van der Waals surface area (Å²) in [6.45, 7) is 0.934. The predicted octanol–water partition coefficient (Wildman–Crippen LogP) is 0.271. The lowest BCUT2D eigenvalue weighted by atomic mass is 10.4. The number of hydrogen-bond donors (Lipinski definition) is 2. The maximum Gasteiger partial charge on any atom is 0.237 e. The van der Waals surface area contributed by atoms with Crippen molar-refractivity contribution >= 4 is 11.4 Å². The van der Waals surface area contributed by atoms with Crippen LogP contribution in [0.5, 0.6) is 5.88 Å². The minimum Gasteiger partial charge on any atom is -0.474 e. The van der Waals surface area contributed by atoms with Crippen LogP contribution in [0.4, 0.5) is 11.4 Å². The third-order valence-electron chi connectivity index (χ3n) is 1.43. The Morgan fingerprint density at radius 2 is 2.15 bits per heavy atom. The Labute approximate surface area is 76.7 Å². The summed E-state index contributed by atoms with van der Waals surface area (Å²) >= 11 is 0. The molecule has 0 aliphatic carbocycles. The second kappa shape index (κ2) is 4.51. The molecule has 13 heavy (non-hydrogen) atoms. The molecule has 0 aliphatic heterocycles. The van der Waals surface area contributed by atoms with Crippen LogP contribution in [0.25, 0.3) is 0 Å². The zero-order chi connectivity index (χ0) is 9.68. The Kier molecular flexibility index (Phi) is 3.33. The van der Waals surface area contributed by atoms with E-state index in [0.717, 1.165) is 0 Å². The predicted molar refractivity (Wildman–Crippen MR) is 50.4 cm³/mol. The van der Waals surface area contributed by atoms with Crippen LogP contribution in [-0.4, -0.2) is 25.3 Å². The quantitative estimate of drug-likeness (QED) is 0.655. The van der Waals surface area contributed by atoms with E-state index < -0.39 is 0 Å². The zero-order valence-corrected chi connectivity index (χ0v) is 7.49. The highest BCUT2D eigenvalue weighted by Gasteiger charge is 2.01. The summed E-state index contributed by atoms with van der Waals surface area (Å²) in [5.74, 6) is 0.395. The molecule has 0 atom stereocenters. The fourth-order valence-corrected chi connectivity index (χ4v) is 0.829. The molecular weight excluding hydrogens is 170 g/mol. The number of hydrogen-bond acceptors (Lipinski definition) is 5. The van der Waals surface area contributed by atoms with E-state index in [1.54, 1.807) is 13.2 Å². The van der Waals surface area contributed by atoms with E-state index in [9.17, 15) is 0 Å². The van der Waals surface area contributed by atoms with Gasteiger partial charge < -0.3 is 20.9 Å². The van der Waals surface area contributed by atoms with Crippen LogP contribution in [0, 0.1) is 0 Å². The Bertz CT molecular complexity index is 278. The van der Waals surface area contributed by atoms with E-state index in [1.807, 2.05) is 0 Å². The molecule has 0 aromatic carbocycles. The Hall–Kier alpha value is -1.49. The summed E-state index contributed by atoms with van der Waals surface area (Å²) in [5.41, 5.74) is 12.0. The van der Waals surface area contributed by atoms with Crippen molar-refractivity contribution in [2.24, 2.45) is 0 Å². The SMILES string of the molecule is COCCOc1ncc(N)cc1N. The largest absolute Gasteiger partial charge is 0.474 e. The first-order valence-corrected chi connectivity index (χ1v) is 3.86. The third-order valence-corrected chi connectivity index (χ3v) is 1.43. The number of aromatic nitrogens is 1. The van der Waals surface area contributed by atoms with Gasteiger partial charge >= 0.3 is 0 Å². The van der Waals surface area contributed by atoms with Crippen LogP contribution in [0.1, 0.15) is 0 Å². The lowest BCUT2D eigenvalue weighted by Crippen LogP contribution is -2.07. The van der Waals surface area contributed by atoms with E-state index in [1.165, 1.54) is 6.20 Å². The maximum absolute atomic E-state index is 5.60. The molecular formula is C8H13N3O2. The molecule has 5 nitrogen and oxygen atoms in total. The standard InChI is InChI=1S/C8H13N3O2/c1-12-2-3-13-8-7(10)4-6(9)5-11-8/h4-5H,2-3,9-10H2,1H3. The second-order valence-corrected chi connectivity index (χ2v) is 2.50. The summed E-state index contributed by atoms with van der Waals surface area (Å²) in [4.78, 5) is 3.92. The molecule has 0 radical (unpaired) electrons. The van der Waals surface area contributed by atoms with Gasteiger partial charge in [-0.05, 0) is 6.07 Å². The highest BCUT2D eigenvalue weighted by atomic mass is 16.5. The maximum atomic E-state index is 5.60. The molecule has 4 N–H and O–H groups in total. The minimum absolute atomic E-state index is 0.395. The van der Waals surface area contributed by atoms with Gasteiger partial charge in [-0.1, -0.05) is 0 Å². The first-order valence-electron chi connectivity index (χ1n) is 3.86. The van der Waals surface area contributed by atoms with Gasteiger partial charge in [-0.3, -0.25) is 0 Å². The second-order valence-electron chi connectivity index (χ2n) is 2.50. The van der Waals surface area contributed by atoms with Gasteiger partial charge in [0.1, 0.15) is 6.61 Å². The van der Waals surface area contributed by atoms with Crippen molar-refractivity contribution in [3.63, 3.8) is 0 Å². The fraction of sp³-hybridized carbons (Fsp3) is 0.375. The van der Waals surface area contributed by atoms with E-state index >= 15 is 0 Å². The molecule has 1 aromatic heterocycles. The van der Waals surface area contributed by atoms with Gasteiger partial charge in [0.05, 0.1) is 24.2 Å². The highest BCUT2D eigenvalue weighted by Crippen LogP contribution is 2.19. The van der Waals surface area contributed by atoms with Gasteiger partial charge in [0.25, 0.3) is 0 Å². The highest BCUT2D eigenvalue weighted by molar-refractivity contribution is 5.55. The molecule has 5 heteroatoms. The topological polar surface area (TPSA) is 83.4 Å². The molecule has 0 amide bonds. The van der Waals surface area contributed by atoms with Crippen LogP contribution in [0.2, 0.25) is 0 Å². The molecule has 1 heterocycles. The van der Waals surface area contributed by atoms with Crippen molar-refractivity contribution in [2.75, 3.05) is 31.8 Å². The van der Waals surface area contributed by atoms with Crippen molar-refractivity contribution in [1.29, 1.82) is 0 Å². The molecule has 0 fully saturated rings. The van der Waals surface area contributed by atoms with Crippen LogP contribution in [-0.2, 0) is 4.74 Å². The molecule has 0 unspecified atom stereocenters. The Balaban J connectivity index is 2.56. The molecule has 1 rings (SSSR count). The van der Waals surface area contributed by atoms with Gasteiger partial charge in [0.2, 0.25) is 5.88 Å². The first-order chi connectivity index (χ1) is 6.24. The number of ether oxygens (including phenoxy) is 2. The smallest absolute Gasteiger partial charge is 0.237 e. The van der Waals surface area contributed by atoms with Crippen molar-refractivity contribution in [3.05, 3.63) is 12.3 Å². The summed E-state index contributed by atoms with van der Waals surface area (Å²) in [6, 6.07) is 1.61. The lowest BCUT2D eigenvalue weighted by molar-refractivity contribution is 0.144. The number of anilines is 2. The molecule has 72 valence electrons. The molecule has 0 saturated carbocycles.